The van der Waals surface area contributed by atoms with E-state index in [1.54, 1.807) is 0 Å². The van der Waals surface area contributed by atoms with Crippen molar-refractivity contribution < 1.29 is 9.90 Å². The Morgan fingerprint density at radius 1 is 1.26 bits per heavy atom. The van der Waals surface area contributed by atoms with Gasteiger partial charge in [-0.05, 0) is 50.3 Å². The second-order valence-corrected chi connectivity index (χ2v) is 6.13. The lowest BCUT2D eigenvalue weighted by Gasteiger charge is -2.33. The van der Waals surface area contributed by atoms with E-state index in [1.165, 1.54) is 0 Å². The van der Waals surface area contributed by atoms with Gasteiger partial charge in [0.15, 0.2) is 0 Å². The fraction of sp³-hybridized carbons (Fsp3) is 0.533. The molecule has 1 saturated heterocycles. The van der Waals surface area contributed by atoms with Gasteiger partial charge in [0.2, 0.25) is 5.91 Å². The second-order valence-electron chi connectivity index (χ2n) is 5.70. The first-order valence-corrected chi connectivity index (χ1v) is 7.24. The Hall–Kier alpha value is -1.06. The largest absolute Gasteiger partial charge is 0.393 e. The van der Waals surface area contributed by atoms with Crippen molar-refractivity contribution in [2.45, 2.75) is 38.2 Å². The highest BCUT2D eigenvalue weighted by molar-refractivity contribution is 6.31. The molecule has 1 N–H and O–H groups in total. The maximum atomic E-state index is 12.7. The summed E-state index contributed by atoms with van der Waals surface area (Å²) in [5, 5.41) is 10.3. The minimum atomic E-state index is -0.235. The number of amides is 1. The van der Waals surface area contributed by atoms with Gasteiger partial charge in [-0.25, -0.2) is 0 Å². The van der Waals surface area contributed by atoms with Crippen molar-refractivity contribution >= 4 is 23.2 Å². The first-order chi connectivity index (χ1) is 9.11. The van der Waals surface area contributed by atoms with E-state index in [2.05, 4.69) is 0 Å². The average molecular weight is 280 g/mol. The molecular weight excluding hydrogens is 262 g/mol. The van der Waals surface area contributed by atoms with Crippen molar-refractivity contribution in [1.82, 2.24) is 0 Å². The fourth-order valence-electron chi connectivity index (χ4n) is 3.33. The topological polar surface area (TPSA) is 40.5 Å². The van der Waals surface area contributed by atoms with E-state index in [0.29, 0.717) is 5.02 Å². The Balaban J connectivity index is 1.82. The van der Waals surface area contributed by atoms with Crippen LogP contribution in [0.25, 0.3) is 0 Å². The Kier molecular flexibility index (Phi) is 3.27. The van der Waals surface area contributed by atoms with Gasteiger partial charge < -0.3 is 10.0 Å². The van der Waals surface area contributed by atoms with Gasteiger partial charge in [0.05, 0.1) is 11.5 Å². The normalized spacial score (nSPS) is 31.2. The molecule has 102 valence electrons. The molecule has 1 aromatic rings. The molecule has 0 bridgehead atoms. The van der Waals surface area contributed by atoms with Gasteiger partial charge in [0, 0.05) is 17.3 Å². The Morgan fingerprint density at radius 3 is 2.68 bits per heavy atom. The van der Waals surface area contributed by atoms with Crippen molar-refractivity contribution in [1.29, 1.82) is 0 Å². The first-order valence-electron chi connectivity index (χ1n) is 6.86. The lowest BCUT2D eigenvalue weighted by Crippen LogP contribution is -2.38. The van der Waals surface area contributed by atoms with Crippen LogP contribution in [0, 0.1) is 5.41 Å². The second kappa shape index (κ2) is 4.80. The van der Waals surface area contributed by atoms with Crippen LogP contribution in [0.1, 0.15) is 32.1 Å². The zero-order chi connectivity index (χ0) is 13.5. The van der Waals surface area contributed by atoms with E-state index >= 15 is 0 Å². The molecule has 19 heavy (non-hydrogen) atoms. The van der Waals surface area contributed by atoms with Crippen LogP contribution in [0.15, 0.2) is 24.3 Å². The number of nitrogens with zero attached hydrogens (tertiary/aromatic N) is 1. The van der Waals surface area contributed by atoms with Crippen molar-refractivity contribution in [2.75, 3.05) is 11.4 Å². The van der Waals surface area contributed by atoms with Gasteiger partial charge in [-0.1, -0.05) is 17.7 Å². The summed E-state index contributed by atoms with van der Waals surface area (Å²) >= 11 is 6.00. The minimum Gasteiger partial charge on any atom is -0.393 e. The van der Waals surface area contributed by atoms with E-state index in [9.17, 15) is 9.90 Å². The number of hydrogen-bond donors (Lipinski definition) is 1. The van der Waals surface area contributed by atoms with Crippen LogP contribution in [0.3, 0.4) is 0 Å². The summed E-state index contributed by atoms with van der Waals surface area (Å²) in [5.74, 6) is 0.210. The van der Waals surface area contributed by atoms with Crippen LogP contribution < -0.4 is 4.90 Å². The smallest absolute Gasteiger partial charge is 0.233 e. The van der Waals surface area contributed by atoms with Crippen LogP contribution in [-0.2, 0) is 4.79 Å². The highest BCUT2D eigenvalue weighted by Crippen LogP contribution is 2.46. The van der Waals surface area contributed by atoms with Gasteiger partial charge >= 0.3 is 0 Å². The maximum Gasteiger partial charge on any atom is 0.233 e. The summed E-state index contributed by atoms with van der Waals surface area (Å²) in [6.07, 6.45) is 3.78. The predicted molar refractivity (Wildman–Crippen MR) is 75.3 cm³/mol. The van der Waals surface area contributed by atoms with Gasteiger partial charge in [-0.15, -0.1) is 0 Å². The zero-order valence-electron chi connectivity index (χ0n) is 10.8. The van der Waals surface area contributed by atoms with Crippen molar-refractivity contribution in [3.8, 4) is 0 Å². The summed E-state index contributed by atoms with van der Waals surface area (Å²) < 4.78 is 0. The van der Waals surface area contributed by atoms with Gasteiger partial charge in [0.25, 0.3) is 0 Å². The van der Waals surface area contributed by atoms with Gasteiger partial charge in [-0.3, -0.25) is 4.79 Å². The summed E-state index contributed by atoms with van der Waals surface area (Å²) in [7, 11) is 0. The number of carbonyl (C=O) groups excluding carboxylic acids is 1. The number of aliphatic hydroxyl groups excluding tert-OH is 1. The number of rotatable bonds is 1. The summed E-state index contributed by atoms with van der Waals surface area (Å²) in [6.45, 7) is 0.759. The Labute approximate surface area is 118 Å². The van der Waals surface area contributed by atoms with Crippen LogP contribution >= 0.6 is 11.6 Å². The Bertz CT molecular complexity index is 495. The van der Waals surface area contributed by atoms with Crippen LogP contribution in [0.4, 0.5) is 5.69 Å². The van der Waals surface area contributed by atoms with Crippen molar-refractivity contribution in [3.63, 3.8) is 0 Å². The van der Waals surface area contributed by atoms with Crippen molar-refractivity contribution in [2.24, 2.45) is 5.41 Å². The number of halogens is 1. The highest BCUT2D eigenvalue weighted by atomic mass is 35.5. The highest BCUT2D eigenvalue weighted by Gasteiger charge is 2.48. The zero-order valence-corrected chi connectivity index (χ0v) is 11.6. The number of benzene rings is 1. The molecule has 2 aliphatic rings. The van der Waals surface area contributed by atoms with E-state index in [-0.39, 0.29) is 17.4 Å². The van der Waals surface area contributed by atoms with Crippen LogP contribution in [0.5, 0.6) is 0 Å². The van der Waals surface area contributed by atoms with E-state index in [1.807, 2.05) is 29.2 Å². The molecule has 0 radical (unpaired) electrons. The molecule has 0 unspecified atom stereocenters. The molecule has 1 aromatic carbocycles. The van der Waals surface area contributed by atoms with Crippen LogP contribution in [0.2, 0.25) is 5.02 Å². The standard InChI is InChI=1S/C15H18ClNO2/c16-11-2-1-3-12(10-11)17-9-8-15(14(17)19)6-4-13(18)5-7-15/h1-3,10,13,18H,4-9H2. The maximum absolute atomic E-state index is 12.7. The molecule has 3 nitrogen and oxygen atoms in total. The third kappa shape index (κ3) is 2.26. The fourth-order valence-corrected chi connectivity index (χ4v) is 3.51. The molecule has 1 spiro atoms. The van der Waals surface area contributed by atoms with E-state index in [0.717, 1.165) is 44.3 Å². The lowest BCUT2D eigenvalue weighted by molar-refractivity contribution is -0.128. The quantitative estimate of drug-likeness (QED) is 0.858. The molecule has 0 aromatic heterocycles. The summed E-state index contributed by atoms with van der Waals surface area (Å²) in [4.78, 5) is 14.6. The monoisotopic (exact) mass is 279 g/mol. The Morgan fingerprint density at radius 2 is 2.00 bits per heavy atom. The molecule has 0 atom stereocenters. The minimum absolute atomic E-state index is 0.210. The molecular formula is C15H18ClNO2. The number of hydrogen-bond acceptors (Lipinski definition) is 2. The lowest BCUT2D eigenvalue weighted by atomic mass is 9.72. The molecule has 3 rings (SSSR count). The van der Waals surface area contributed by atoms with Gasteiger partial charge in [0.1, 0.15) is 0 Å². The number of anilines is 1. The molecule has 1 heterocycles. The molecule has 2 fully saturated rings. The number of carbonyl (C=O) groups is 1. The third-order valence-electron chi connectivity index (χ3n) is 4.54. The predicted octanol–water partition coefficient (Wildman–Crippen LogP) is 3.00. The molecule has 1 saturated carbocycles. The molecule has 4 heteroatoms. The van der Waals surface area contributed by atoms with Crippen LogP contribution in [-0.4, -0.2) is 23.7 Å². The number of aliphatic hydroxyl groups is 1. The SMILES string of the molecule is O=C1N(c2cccc(Cl)c2)CCC12CCC(O)CC2. The van der Waals surface area contributed by atoms with Crippen molar-refractivity contribution in [3.05, 3.63) is 29.3 Å². The molecule has 1 aliphatic heterocycles. The first kappa shape index (κ1) is 12.9. The molecule has 1 amide bonds. The van der Waals surface area contributed by atoms with E-state index in [4.69, 9.17) is 11.6 Å². The van der Waals surface area contributed by atoms with E-state index < -0.39 is 0 Å². The summed E-state index contributed by atoms with van der Waals surface area (Å²) in [6, 6.07) is 7.47. The van der Waals surface area contributed by atoms with Gasteiger partial charge in [-0.2, -0.15) is 0 Å². The summed E-state index contributed by atoms with van der Waals surface area (Å²) in [5.41, 5.74) is 0.655. The average Bonchev–Trinajstić information content (AvgIpc) is 2.71. The third-order valence-corrected chi connectivity index (χ3v) is 4.78. The molecule has 1 aliphatic carbocycles.